The lowest BCUT2D eigenvalue weighted by molar-refractivity contribution is -0.137. The fourth-order valence-electron chi connectivity index (χ4n) is 4.41. The fourth-order valence-corrected chi connectivity index (χ4v) is 4.41. The minimum Gasteiger partial charge on any atom is -0.481 e. The van der Waals surface area contributed by atoms with E-state index in [9.17, 15) is 4.79 Å². The van der Waals surface area contributed by atoms with Gasteiger partial charge < -0.3 is 10.0 Å². The quantitative estimate of drug-likeness (QED) is 0.780. The highest BCUT2D eigenvalue weighted by molar-refractivity contribution is 5.66. The molecule has 0 saturated carbocycles. The van der Waals surface area contributed by atoms with Crippen LogP contribution in [0.4, 0.5) is 0 Å². The average molecular weight is 330 g/mol. The van der Waals surface area contributed by atoms with E-state index in [1.165, 1.54) is 44.5 Å². The van der Waals surface area contributed by atoms with Crippen LogP contribution in [-0.2, 0) is 11.3 Å². The summed E-state index contributed by atoms with van der Waals surface area (Å²) in [6, 6.07) is 11.6. The van der Waals surface area contributed by atoms with Crippen LogP contribution in [0.3, 0.4) is 0 Å². The third-order valence-corrected chi connectivity index (χ3v) is 5.61. The molecule has 2 saturated heterocycles. The van der Waals surface area contributed by atoms with Crippen LogP contribution in [-0.4, -0.2) is 53.1 Å². The largest absolute Gasteiger partial charge is 0.481 e. The Kier molecular flexibility index (Phi) is 6.27. The lowest BCUT2D eigenvalue weighted by Gasteiger charge is -2.47. The molecule has 0 bridgehead atoms. The molecular formula is C20H30N2O2. The van der Waals surface area contributed by atoms with Crippen molar-refractivity contribution in [2.45, 2.75) is 51.1 Å². The van der Waals surface area contributed by atoms with Gasteiger partial charge in [0.15, 0.2) is 0 Å². The van der Waals surface area contributed by atoms with E-state index in [2.05, 4.69) is 40.1 Å². The molecule has 0 spiro atoms. The van der Waals surface area contributed by atoms with Gasteiger partial charge in [0.2, 0.25) is 0 Å². The number of carboxylic acids is 1. The first kappa shape index (κ1) is 17.4. The van der Waals surface area contributed by atoms with Gasteiger partial charge in [-0.2, -0.15) is 0 Å². The van der Waals surface area contributed by atoms with Crippen molar-refractivity contribution in [3.8, 4) is 0 Å². The third kappa shape index (κ3) is 4.81. The Labute approximate surface area is 145 Å². The van der Waals surface area contributed by atoms with Gasteiger partial charge in [0, 0.05) is 25.6 Å². The molecule has 2 aliphatic rings. The number of unbranched alkanes of at least 4 members (excludes halogenated alkanes) is 1. The summed E-state index contributed by atoms with van der Waals surface area (Å²) in [6.45, 7) is 5.74. The Bertz CT molecular complexity index is 520. The van der Waals surface area contributed by atoms with Crippen LogP contribution >= 0.6 is 0 Å². The van der Waals surface area contributed by atoms with Gasteiger partial charge in [-0.25, -0.2) is 0 Å². The van der Waals surface area contributed by atoms with Gasteiger partial charge in [-0.05, 0) is 63.2 Å². The number of hydrogen-bond acceptors (Lipinski definition) is 3. The van der Waals surface area contributed by atoms with Crippen LogP contribution in [0.15, 0.2) is 30.3 Å². The van der Waals surface area contributed by atoms with E-state index >= 15 is 0 Å². The standard InChI is InChI=1S/C20H30N2O2/c23-20(24)10-4-5-12-21-14-11-19-18(16-21)9-6-13-22(19)15-17-7-2-1-3-8-17/h1-3,7-8,18-19H,4-6,9-16H2,(H,23,24). The Morgan fingerprint density at radius 2 is 1.96 bits per heavy atom. The summed E-state index contributed by atoms with van der Waals surface area (Å²) in [4.78, 5) is 15.9. The lowest BCUT2D eigenvalue weighted by atomic mass is 9.83. The van der Waals surface area contributed by atoms with E-state index in [0.717, 1.165) is 37.9 Å². The van der Waals surface area contributed by atoms with Gasteiger partial charge in [0.05, 0.1) is 0 Å². The van der Waals surface area contributed by atoms with Crippen molar-refractivity contribution < 1.29 is 9.90 Å². The van der Waals surface area contributed by atoms with E-state index in [1.807, 2.05) is 0 Å². The maximum Gasteiger partial charge on any atom is 0.303 e. The number of carboxylic acid groups (broad SMARTS) is 1. The summed E-state index contributed by atoms with van der Waals surface area (Å²) >= 11 is 0. The third-order valence-electron chi connectivity index (χ3n) is 5.61. The minimum absolute atomic E-state index is 0.310. The van der Waals surface area contributed by atoms with Crippen molar-refractivity contribution in [3.05, 3.63) is 35.9 Å². The molecule has 2 atom stereocenters. The molecular weight excluding hydrogens is 300 g/mol. The summed E-state index contributed by atoms with van der Waals surface area (Å²) < 4.78 is 0. The van der Waals surface area contributed by atoms with E-state index in [1.54, 1.807) is 0 Å². The predicted molar refractivity (Wildman–Crippen MR) is 95.9 cm³/mol. The number of piperidine rings is 2. The number of likely N-dealkylation sites (tertiary alicyclic amines) is 2. The summed E-state index contributed by atoms with van der Waals surface area (Å²) in [5.41, 5.74) is 1.43. The zero-order valence-electron chi connectivity index (χ0n) is 14.6. The van der Waals surface area contributed by atoms with Crippen molar-refractivity contribution in [2.75, 3.05) is 26.2 Å². The molecule has 4 nitrogen and oxygen atoms in total. The van der Waals surface area contributed by atoms with Crippen LogP contribution in [0.1, 0.15) is 44.1 Å². The summed E-state index contributed by atoms with van der Waals surface area (Å²) in [5, 5.41) is 8.74. The average Bonchev–Trinajstić information content (AvgIpc) is 2.59. The first-order valence-corrected chi connectivity index (χ1v) is 9.44. The normalized spacial score (nSPS) is 25.3. The van der Waals surface area contributed by atoms with Crippen molar-refractivity contribution in [1.82, 2.24) is 9.80 Å². The lowest BCUT2D eigenvalue weighted by Crippen LogP contribution is -2.53. The molecule has 132 valence electrons. The first-order valence-electron chi connectivity index (χ1n) is 9.44. The van der Waals surface area contributed by atoms with E-state index in [4.69, 9.17) is 5.11 Å². The summed E-state index contributed by atoms with van der Waals surface area (Å²) in [7, 11) is 0. The predicted octanol–water partition coefficient (Wildman–Crippen LogP) is 3.23. The maximum atomic E-state index is 10.6. The van der Waals surface area contributed by atoms with Crippen LogP contribution in [0.25, 0.3) is 0 Å². The molecule has 2 fully saturated rings. The Balaban J connectivity index is 1.48. The molecule has 0 radical (unpaired) electrons. The van der Waals surface area contributed by atoms with Crippen LogP contribution in [0.2, 0.25) is 0 Å². The number of nitrogens with zero attached hydrogens (tertiary/aromatic N) is 2. The fraction of sp³-hybridized carbons (Fsp3) is 0.650. The van der Waals surface area contributed by atoms with Crippen molar-refractivity contribution in [1.29, 1.82) is 0 Å². The molecule has 4 heteroatoms. The zero-order chi connectivity index (χ0) is 16.8. The molecule has 0 aromatic heterocycles. The number of aliphatic carboxylic acids is 1. The Morgan fingerprint density at radius 1 is 1.12 bits per heavy atom. The highest BCUT2D eigenvalue weighted by Crippen LogP contribution is 2.31. The monoisotopic (exact) mass is 330 g/mol. The number of fused-ring (bicyclic) bond motifs is 1. The van der Waals surface area contributed by atoms with Gasteiger partial charge in [-0.3, -0.25) is 9.69 Å². The SMILES string of the molecule is O=C(O)CCCCN1CCC2C(CCCN2Cc2ccccc2)C1. The summed E-state index contributed by atoms with van der Waals surface area (Å²) in [5.74, 6) is 0.119. The second-order valence-electron chi connectivity index (χ2n) is 7.37. The maximum absolute atomic E-state index is 10.6. The second-order valence-corrected chi connectivity index (χ2v) is 7.37. The molecule has 0 aliphatic carbocycles. The molecule has 2 unspecified atom stereocenters. The molecule has 1 N–H and O–H groups in total. The van der Waals surface area contributed by atoms with Gasteiger partial charge in [0.25, 0.3) is 0 Å². The molecule has 3 rings (SSSR count). The highest BCUT2D eigenvalue weighted by atomic mass is 16.4. The van der Waals surface area contributed by atoms with Crippen LogP contribution in [0, 0.1) is 5.92 Å². The first-order chi connectivity index (χ1) is 11.7. The van der Waals surface area contributed by atoms with Crippen LogP contribution in [0.5, 0.6) is 0 Å². The van der Waals surface area contributed by atoms with Crippen molar-refractivity contribution in [2.24, 2.45) is 5.92 Å². The van der Waals surface area contributed by atoms with Crippen molar-refractivity contribution >= 4 is 5.97 Å². The Hall–Kier alpha value is -1.39. The van der Waals surface area contributed by atoms with E-state index in [-0.39, 0.29) is 0 Å². The van der Waals surface area contributed by atoms with Crippen LogP contribution < -0.4 is 0 Å². The summed E-state index contributed by atoms with van der Waals surface area (Å²) in [6.07, 6.45) is 6.04. The topological polar surface area (TPSA) is 43.8 Å². The number of rotatable bonds is 7. The number of carbonyl (C=O) groups is 1. The molecule has 1 aromatic carbocycles. The smallest absolute Gasteiger partial charge is 0.303 e. The Morgan fingerprint density at radius 3 is 2.75 bits per heavy atom. The molecule has 24 heavy (non-hydrogen) atoms. The van der Waals surface area contributed by atoms with Gasteiger partial charge in [-0.1, -0.05) is 30.3 Å². The van der Waals surface area contributed by atoms with E-state index in [0.29, 0.717) is 6.42 Å². The highest BCUT2D eigenvalue weighted by Gasteiger charge is 2.35. The molecule has 0 amide bonds. The number of hydrogen-bond donors (Lipinski definition) is 1. The number of benzene rings is 1. The van der Waals surface area contributed by atoms with Crippen molar-refractivity contribution in [3.63, 3.8) is 0 Å². The minimum atomic E-state index is -0.669. The van der Waals surface area contributed by atoms with Gasteiger partial charge in [-0.15, -0.1) is 0 Å². The molecule has 2 heterocycles. The second kappa shape index (κ2) is 8.63. The van der Waals surface area contributed by atoms with E-state index < -0.39 is 5.97 Å². The van der Waals surface area contributed by atoms with Gasteiger partial charge in [0.1, 0.15) is 0 Å². The van der Waals surface area contributed by atoms with Gasteiger partial charge >= 0.3 is 5.97 Å². The molecule has 1 aromatic rings. The molecule has 2 aliphatic heterocycles. The zero-order valence-corrected chi connectivity index (χ0v) is 14.6.